The van der Waals surface area contributed by atoms with E-state index in [9.17, 15) is 9.36 Å². The van der Waals surface area contributed by atoms with Crippen LogP contribution in [-0.2, 0) is 13.9 Å². The van der Waals surface area contributed by atoms with Crippen LogP contribution in [0.15, 0.2) is 0 Å². The number of hydrogen-bond donors (Lipinski definition) is 2. The van der Waals surface area contributed by atoms with Crippen molar-refractivity contribution < 1.29 is 18.8 Å². The quantitative estimate of drug-likeness (QED) is 0.579. The third-order valence-corrected chi connectivity index (χ3v) is 1.25. The van der Waals surface area contributed by atoms with Crippen molar-refractivity contribution in [3.63, 3.8) is 0 Å². The molecule has 6 heteroatoms. The van der Waals surface area contributed by atoms with Gasteiger partial charge in [-0.25, -0.2) is 10.1 Å². The predicted octanol–water partition coefficient (Wildman–Crippen LogP) is 0.635. The number of carbonyl (C=O) groups excluding carboxylic acids is 1. The third kappa shape index (κ3) is 4.95. The highest BCUT2D eigenvalue weighted by Crippen LogP contribution is 2.34. The zero-order valence-electron chi connectivity index (χ0n) is 6.70. The van der Waals surface area contributed by atoms with Gasteiger partial charge >= 0.3 is 13.7 Å². The van der Waals surface area contributed by atoms with E-state index in [1.54, 1.807) is 20.8 Å². The number of rotatable bonds is 1. The fourth-order valence-electron chi connectivity index (χ4n) is 0.256. The van der Waals surface area contributed by atoms with Gasteiger partial charge in [-0.2, -0.15) is 0 Å². The van der Waals surface area contributed by atoms with Crippen molar-refractivity contribution >= 4 is 13.7 Å². The lowest BCUT2D eigenvalue weighted by molar-refractivity contribution is -0.143. The molecule has 0 rings (SSSR count). The monoisotopic (exact) mass is 181 g/mol. The molecular weight excluding hydrogens is 169 g/mol. The summed E-state index contributed by atoms with van der Waals surface area (Å²) in [6, 6.07) is 0. The molecule has 66 valence electrons. The molecule has 0 aromatic heterocycles. The average molecular weight is 181 g/mol. The van der Waals surface area contributed by atoms with E-state index in [-0.39, 0.29) is 0 Å². The minimum Gasteiger partial charge on any atom is -0.380 e. The number of hydrogen-bond acceptors (Lipinski definition) is 3. The fourth-order valence-corrected chi connectivity index (χ4v) is 0.767. The normalized spacial score (nSPS) is 17.2. The maximum absolute atomic E-state index is 10.8. The molecule has 0 amide bonds. The van der Waals surface area contributed by atoms with Crippen LogP contribution < -0.4 is 5.50 Å². The predicted molar refractivity (Wildman–Crippen MR) is 39.6 cm³/mol. The van der Waals surface area contributed by atoms with E-state index in [1.165, 1.54) is 0 Å². The van der Waals surface area contributed by atoms with E-state index in [4.69, 9.17) is 4.89 Å². The first-order valence-corrected chi connectivity index (χ1v) is 4.63. The van der Waals surface area contributed by atoms with Gasteiger partial charge < -0.3 is 9.42 Å². The van der Waals surface area contributed by atoms with Gasteiger partial charge in [0.25, 0.3) is 0 Å². The summed E-state index contributed by atoms with van der Waals surface area (Å²) in [5, 5.41) is 0. The molecular formula is C5H12NO4P. The van der Waals surface area contributed by atoms with E-state index in [0.717, 1.165) is 0 Å². The summed E-state index contributed by atoms with van der Waals surface area (Å²) in [6.07, 6.45) is 0. The lowest BCUT2D eigenvalue weighted by Crippen LogP contribution is -2.23. The summed E-state index contributed by atoms with van der Waals surface area (Å²) in [5.41, 5.74) is 3.79. The Kier molecular flexibility index (Phi) is 2.83. The maximum atomic E-state index is 10.8. The summed E-state index contributed by atoms with van der Waals surface area (Å²) in [5.74, 6) is -0.786. The van der Waals surface area contributed by atoms with E-state index in [2.05, 4.69) is 10.0 Å². The molecule has 0 aliphatic carbocycles. The van der Waals surface area contributed by atoms with Gasteiger partial charge in [-0.15, -0.1) is 0 Å². The van der Waals surface area contributed by atoms with Crippen molar-refractivity contribution in [2.24, 2.45) is 10.9 Å². The molecule has 0 heterocycles. The van der Waals surface area contributed by atoms with Crippen LogP contribution >= 0.6 is 7.75 Å². The Morgan fingerprint density at radius 2 is 1.91 bits per heavy atom. The van der Waals surface area contributed by atoms with Crippen molar-refractivity contribution in [2.45, 2.75) is 20.8 Å². The second-order valence-corrected chi connectivity index (χ2v) is 4.50. The van der Waals surface area contributed by atoms with Gasteiger partial charge in [-0.05, 0) is 20.8 Å². The van der Waals surface area contributed by atoms with Gasteiger partial charge in [-0.1, -0.05) is 0 Å². The molecule has 0 saturated carbocycles. The lowest BCUT2D eigenvalue weighted by Gasteiger charge is -2.16. The Bertz CT molecular complexity index is 201. The van der Waals surface area contributed by atoms with Crippen LogP contribution in [0.1, 0.15) is 20.8 Å². The van der Waals surface area contributed by atoms with Crippen LogP contribution in [0.3, 0.4) is 0 Å². The van der Waals surface area contributed by atoms with Crippen molar-refractivity contribution in [2.75, 3.05) is 0 Å². The summed E-state index contributed by atoms with van der Waals surface area (Å²) in [7, 11) is -4.17. The van der Waals surface area contributed by atoms with Crippen LogP contribution in [0.25, 0.3) is 0 Å². The Morgan fingerprint density at radius 1 is 1.55 bits per heavy atom. The van der Waals surface area contributed by atoms with Crippen molar-refractivity contribution in [3.8, 4) is 0 Å². The van der Waals surface area contributed by atoms with Gasteiger partial charge in [0.15, 0.2) is 0 Å². The minimum atomic E-state index is -4.17. The molecule has 5 nitrogen and oxygen atoms in total. The molecule has 0 spiro atoms. The van der Waals surface area contributed by atoms with Gasteiger partial charge in [0.2, 0.25) is 0 Å². The summed E-state index contributed by atoms with van der Waals surface area (Å²) in [6.45, 7) is 4.68. The molecule has 3 N–H and O–H groups in total. The van der Waals surface area contributed by atoms with Gasteiger partial charge in [0, 0.05) is 0 Å². The van der Waals surface area contributed by atoms with Gasteiger partial charge in [-0.3, -0.25) is 4.79 Å². The zero-order valence-corrected chi connectivity index (χ0v) is 7.59. The van der Waals surface area contributed by atoms with Crippen LogP contribution in [0.2, 0.25) is 0 Å². The summed E-state index contributed by atoms with van der Waals surface area (Å²) < 4.78 is 14.4. The molecule has 0 radical (unpaired) electrons. The largest absolute Gasteiger partial charge is 0.455 e. The number of nitrogens with two attached hydrogens (primary N) is 1. The Morgan fingerprint density at radius 3 is 2.00 bits per heavy atom. The molecule has 0 aromatic carbocycles. The molecule has 0 aliphatic heterocycles. The maximum Gasteiger partial charge on any atom is 0.455 e. The highest BCUT2D eigenvalue weighted by molar-refractivity contribution is 7.50. The van der Waals surface area contributed by atoms with E-state index < -0.39 is 19.1 Å². The average Bonchev–Trinajstić information content (AvgIpc) is 1.56. The van der Waals surface area contributed by atoms with E-state index in [1.807, 2.05) is 0 Å². The highest BCUT2D eigenvalue weighted by atomic mass is 31.2. The van der Waals surface area contributed by atoms with Gasteiger partial charge in [0.1, 0.15) is 0 Å². The first kappa shape index (κ1) is 10.6. The topological polar surface area (TPSA) is 89.6 Å². The van der Waals surface area contributed by atoms with Gasteiger partial charge in [0.05, 0.1) is 5.41 Å². The van der Waals surface area contributed by atoms with Crippen molar-refractivity contribution in [3.05, 3.63) is 0 Å². The standard InChI is InChI=1S/C5H12NO4P/c1-5(2,3)4(7)10-11(6,8)9/h1-3H3,(H3,6,8,9). The van der Waals surface area contributed by atoms with Crippen LogP contribution in [-0.4, -0.2) is 10.9 Å². The molecule has 0 saturated heterocycles. The van der Waals surface area contributed by atoms with Crippen LogP contribution in [0.5, 0.6) is 0 Å². The van der Waals surface area contributed by atoms with Crippen molar-refractivity contribution in [1.29, 1.82) is 0 Å². The van der Waals surface area contributed by atoms with Crippen LogP contribution in [0.4, 0.5) is 0 Å². The number of carbonyl (C=O) groups is 1. The Balaban J connectivity index is 4.23. The summed E-state index contributed by atoms with van der Waals surface area (Å²) >= 11 is 0. The Labute approximate surface area is 65.1 Å². The Hall–Kier alpha value is -0.380. The summed E-state index contributed by atoms with van der Waals surface area (Å²) in [4.78, 5) is 19.3. The fraction of sp³-hybridized carbons (Fsp3) is 0.800. The smallest absolute Gasteiger partial charge is 0.380 e. The molecule has 0 aromatic rings. The second-order valence-electron chi connectivity index (χ2n) is 3.19. The van der Waals surface area contributed by atoms with E-state index >= 15 is 0 Å². The molecule has 1 atom stereocenters. The molecule has 11 heavy (non-hydrogen) atoms. The molecule has 0 aliphatic rings. The third-order valence-electron chi connectivity index (χ3n) is 0.826. The lowest BCUT2D eigenvalue weighted by atomic mass is 9.98. The van der Waals surface area contributed by atoms with E-state index in [0.29, 0.717) is 0 Å². The zero-order chi connectivity index (χ0) is 9.28. The minimum absolute atomic E-state index is 0.786. The van der Waals surface area contributed by atoms with Crippen molar-refractivity contribution in [1.82, 2.24) is 0 Å². The SMILES string of the molecule is CC(C)(C)C(=O)OP(N)(=O)O. The molecule has 0 fully saturated rings. The first-order valence-electron chi connectivity index (χ1n) is 2.98. The highest BCUT2D eigenvalue weighted by Gasteiger charge is 2.28. The molecule has 1 unspecified atom stereocenters. The first-order chi connectivity index (χ1) is 4.63. The van der Waals surface area contributed by atoms with Crippen LogP contribution in [0, 0.1) is 5.41 Å². The second kappa shape index (κ2) is 2.93. The molecule has 0 bridgehead atoms.